The van der Waals surface area contributed by atoms with Crippen molar-refractivity contribution >= 4 is 30.0 Å². The number of methoxy groups -OCH3 is 1. The van der Waals surface area contributed by atoms with Gasteiger partial charge in [-0.05, 0) is 86.3 Å². The summed E-state index contributed by atoms with van der Waals surface area (Å²) in [5.41, 5.74) is 5.41. The third-order valence-corrected chi connectivity index (χ3v) is 5.30. The Morgan fingerprint density at radius 1 is 1.16 bits per heavy atom. The standard InChI is InChI=1S/C26H31NO3.ClH/c1-5-30-26(28)22-10-6-8-19(15-22)14-20-12-13-23(18-27(2)3)25(16-20)21-9-7-11-24(17-21)29-4;/h6-11,14-17,23H,5,12-13,18H2,1-4H3;1H/b20-14+;. The zero-order chi connectivity index (χ0) is 21.5. The molecule has 0 aliphatic heterocycles. The monoisotopic (exact) mass is 441 g/mol. The minimum absolute atomic E-state index is 0. The van der Waals surface area contributed by atoms with Crippen LogP contribution in [0.3, 0.4) is 0 Å². The summed E-state index contributed by atoms with van der Waals surface area (Å²) in [6.07, 6.45) is 6.58. The molecule has 166 valence electrons. The number of rotatable bonds is 7. The Balaban J connectivity index is 0.00000341. The van der Waals surface area contributed by atoms with Crippen LogP contribution in [0.1, 0.15) is 41.3 Å². The molecule has 2 aromatic carbocycles. The predicted molar refractivity (Wildman–Crippen MR) is 130 cm³/mol. The van der Waals surface area contributed by atoms with Gasteiger partial charge in [-0.3, -0.25) is 0 Å². The SMILES string of the molecule is CCOC(=O)c1cccc(/C=C2/C=C(c3cccc(OC)c3)C(CN(C)C)CC2)c1.Cl. The highest BCUT2D eigenvalue weighted by atomic mass is 35.5. The van der Waals surface area contributed by atoms with Gasteiger partial charge < -0.3 is 14.4 Å². The first-order valence-electron chi connectivity index (χ1n) is 10.5. The first-order valence-corrected chi connectivity index (χ1v) is 10.5. The first kappa shape index (κ1) is 24.7. The van der Waals surface area contributed by atoms with E-state index in [4.69, 9.17) is 9.47 Å². The van der Waals surface area contributed by atoms with Crippen molar-refractivity contribution in [2.45, 2.75) is 19.8 Å². The lowest BCUT2D eigenvalue weighted by Crippen LogP contribution is -2.24. The van der Waals surface area contributed by atoms with Crippen molar-refractivity contribution in [3.8, 4) is 5.75 Å². The van der Waals surface area contributed by atoms with Gasteiger partial charge in [0.1, 0.15) is 5.75 Å². The molecule has 4 nitrogen and oxygen atoms in total. The van der Waals surface area contributed by atoms with Crippen LogP contribution in [0.4, 0.5) is 0 Å². The van der Waals surface area contributed by atoms with Crippen molar-refractivity contribution in [2.24, 2.45) is 5.92 Å². The second-order valence-corrected chi connectivity index (χ2v) is 7.89. The molecule has 1 aliphatic rings. The largest absolute Gasteiger partial charge is 0.497 e. The quantitative estimate of drug-likeness (QED) is 0.514. The zero-order valence-electron chi connectivity index (χ0n) is 18.8. The number of allylic oxidation sites excluding steroid dienone is 2. The van der Waals surface area contributed by atoms with Crippen molar-refractivity contribution < 1.29 is 14.3 Å². The van der Waals surface area contributed by atoms with E-state index in [1.165, 1.54) is 16.7 Å². The predicted octanol–water partition coefficient (Wildman–Crippen LogP) is 5.73. The Morgan fingerprint density at radius 3 is 2.65 bits per heavy atom. The fraction of sp³-hybridized carbons (Fsp3) is 0.346. The molecule has 31 heavy (non-hydrogen) atoms. The summed E-state index contributed by atoms with van der Waals surface area (Å²) in [7, 11) is 5.94. The molecule has 1 atom stereocenters. The Hall–Kier alpha value is -2.56. The number of carbonyl (C=O) groups excluding carboxylic acids is 1. The van der Waals surface area contributed by atoms with Crippen molar-refractivity contribution in [3.63, 3.8) is 0 Å². The molecule has 0 radical (unpaired) electrons. The van der Waals surface area contributed by atoms with Crippen LogP contribution in [0.25, 0.3) is 11.6 Å². The highest BCUT2D eigenvalue weighted by molar-refractivity contribution is 5.90. The van der Waals surface area contributed by atoms with Crippen LogP contribution >= 0.6 is 12.4 Å². The molecule has 0 fully saturated rings. The minimum Gasteiger partial charge on any atom is -0.497 e. The highest BCUT2D eigenvalue weighted by Crippen LogP contribution is 2.37. The lowest BCUT2D eigenvalue weighted by atomic mass is 9.81. The van der Waals surface area contributed by atoms with E-state index < -0.39 is 0 Å². The van der Waals surface area contributed by atoms with Crippen LogP contribution in [-0.2, 0) is 4.74 Å². The molecule has 1 unspecified atom stereocenters. The number of halogens is 1. The average molecular weight is 442 g/mol. The summed E-state index contributed by atoms with van der Waals surface area (Å²) in [6.45, 7) is 3.21. The van der Waals surface area contributed by atoms with E-state index in [0.29, 0.717) is 18.1 Å². The lowest BCUT2D eigenvalue weighted by molar-refractivity contribution is 0.0526. The normalized spacial score (nSPS) is 17.1. The van der Waals surface area contributed by atoms with Gasteiger partial charge in [0.25, 0.3) is 0 Å². The smallest absolute Gasteiger partial charge is 0.338 e. The summed E-state index contributed by atoms with van der Waals surface area (Å²) in [4.78, 5) is 14.3. The molecule has 1 aliphatic carbocycles. The lowest BCUT2D eigenvalue weighted by Gasteiger charge is -2.28. The maximum Gasteiger partial charge on any atom is 0.338 e. The van der Waals surface area contributed by atoms with Crippen molar-refractivity contribution in [1.29, 1.82) is 0 Å². The number of esters is 1. The van der Waals surface area contributed by atoms with Crippen molar-refractivity contribution in [1.82, 2.24) is 4.90 Å². The number of ether oxygens (including phenoxy) is 2. The topological polar surface area (TPSA) is 38.8 Å². The van der Waals surface area contributed by atoms with Gasteiger partial charge in [0, 0.05) is 6.54 Å². The molecule has 0 amide bonds. The minimum atomic E-state index is -0.278. The number of benzene rings is 2. The first-order chi connectivity index (χ1) is 14.5. The van der Waals surface area contributed by atoms with Gasteiger partial charge in [0.05, 0.1) is 19.3 Å². The van der Waals surface area contributed by atoms with E-state index in [2.05, 4.69) is 43.3 Å². The Bertz CT molecular complexity index is 949. The number of hydrogen-bond donors (Lipinski definition) is 0. The van der Waals surface area contributed by atoms with E-state index in [-0.39, 0.29) is 18.4 Å². The molecule has 2 aromatic rings. The van der Waals surface area contributed by atoms with Gasteiger partial charge in [-0.25, -0.2) is 4.79 Å². The van der Waals surface area contributed by atoms with Crippen molar-refractivity contribution in [2.75, 3.05) is 34.4 Å². The molecule has 0 saturated carbocycles. The molecule has 0 saturated heterocycles. The summed E-state index contributed by atoms with van der Waals surface area (Å²) in [5, 5.41) is 0. The van der Waals surface area contributed by atoms with Crippen LogP contribution in [0.5, 0.6) is 5.75 Å². The molecule has 0 aromatic heterocycles. The molecule has 5 heteroatoms. The van der Waals surface area contributed by atoms with Crippen LogP contribution in [0, 0.1) is 5.92 Å². The van der Waals surface area contributed by atoms with E-state index in [1.807, 2.05) is 37.3 Å². The maximum absolute atomic E-state index is 12.1. The van der Waals surface area contributed by atoms with E-state index in [1.54, 1.807) is 13.2 Å². The van der Waals surface area contributed by atoms with E-state index >= 15 is 0 Å². The average Bonchev–Trinajstić information content (AvgIpc) is 2.75. The van der Waals surface area contributed by atoms with Crippen LogP contribution in [0.2, 0.25) is 0 Å². The van der Waals surface area contributed by atoms with Gasteiger partial charge in [0.2, 0.25) is 0 Å². The molecule has 3 rings (SSSR count). The van der Waals surface area contributed by atoms with Gasteiger partial charge in [-0.15, -0.1) is 12.4 Å². The summed E-state index contributed by atoms with van der Waals surface area (Å²) in [5.74, 6) is 1.06. The maximum atomic E-state index is 12.1. The van der Waals surface area contributed by atoms with Gasteiger partial charge in [0.15, 0.2) is 0 Å². The fourth-order valence-corrected chi connectivity index (χ4v) is 3.94. The molecule has 0 spiro atoms. The fourth-order valence-electron chi connectivity index (χ4n) is 3.94. The van der Waals surface area contributed by atoms with Gasteiger partial charge in [-0.1, -0.05) is 36.4 Å². The van der Waals surface area contributed by atoms with Crippen LogP contribution in [-0.4, -0.2) is 45.2 Å². The number of hydrogen-bond acceptors (Lipinski definition) is 4. The Morgan fingerprint density at radius 2 is 1.94 bits per heavy atom. The Kier molecular flexibility index (Phi) is 9.35. The summed E-state index contributed by atoms with van der Waals surface area (Å²) in [6, 6.07) is 15.9. The summed E-state index contributed by atoms with van der Waals surface area (Å²) < 4.78 is 10.6. The second-order valence-electron chi connectivity index (χ2n) is 7.89. The van der Waals surface area contributed by atoms with Gasteiger partial charge in [-0.2, -0.15) is 0 Å². The van der Waals surface area contributed by atoms with E-state index in [0.717, 1.165) is 30.7 Å². The summed E-state index contributed by atoms with van der Waals surface area (Å²) >= 11 is 0. The molecular formula is C26H32ClNO3. The number of nitrogens with zero attached hydrogens (tertiary/aromatic N) is 1. The third-order valence-electron chi connectivity index (χ3n) is 5.30. The number of carbonyl (C=O) groups is 1. The molecule has 0 bridgehead atoms. The van der Waals surface area contributed by atoms with Crippen molar-refractivity contribution in [3.05, 3.63) is 76.9 Å². The van der Waals surface area contributed by atoms with Crippen LogP contribution in [0.15, 0.2) is 60.2 Å². The molecule has 0 N–H and O–H groups in total. The second kappa shape index (κ2) is 11.7. The van der Waals surface area contributed by atoms with Gasteiger partial charge >= 0.3 is 5.97 Å². The Labute approximate surface area is 192 Å². The molecular weight excluding hydrogens is 410 g/mol. The zero-order valence-corrected chi connectivity index (χ0v) is 19.6. The van der Waals surface area contributed by atoms with E-state index in [9.17, 15) is 4.79 Å². The highest BCUT2D eigenvalue weighted by Gasteiger charge is 2.22. The van der Waals surface area contributed by atoms with Crippen LogP contribution < -0.4 is 4.74 Å². The molecule has 0 heterocycles. The third kappa shape index (κ3) is 6.71.